The molecule has 7 heteroatoms. The maximum absolute atomic E-state index is 12.8. The van der Waals surface area contributed by atoms with Crippen LogP contribution in [-0.4, -0.2) is 23.6 Å². The van der Waals surface area contributed by atoms with Gasteiger partial charge >= 0.3 is 0 Å². The molecule has 2 aromatic rings. The summed E-state index contributed by atoms with van der Waals surface area (Å²) in [5.41, 5.74) is 1.38. The number of imide groups is 1. The van der Waals surface area contributed by atoms with Crippen molar-refractivity contribution in [2.24, 2.45) is 11.1 Å². The number of hydrogen-bond donors (Lipinski definition) is 0. The molecule has 1 saturated heterocycles. The van der Waals surface area contributed by atoms with Crippen molar-refractivity contribution in [1.82, 2.24) is 0 Å². The van der Waals surface area contributed by atoms with Crippen molar-refractivity contribution < 1.29 is 14.4 Å². The SMILES string of the molecule is O=C1[C@@H]2C(c3ccc(Cl)cc3Cl)=NO[C@@H]2C(=O)N1c1ccccc1. The van der Waals surface area contributed by atoms with Gasteiger partial charge in [-0.25, -0.2) is 4.90 Å². The average Bonchev–Trinajstić information content (AvgIpc) is 3.09. The Labute approximate surface area is 147 Å². The number of halogens is 2. The van der Waals surface area contributed by atoms with Gasteiger partial charge in [0.1, 0.15) is 11.6 Å². The summed E-state index contributed by atoms with van der Waals surface area (Å²) in [4.78, 5) is 31.8. The monoisotopic (exact) mass is 360 g/mol. The predicted octanol–water partition coefficient (Wildman–Crippen LogP) is 3.29. The van der Waals surface area contributed by atoms with Crippen LogP contribution < -0.4 is 4.90 Å². The first kappa shape index (κ1) is 15.2. The van der Waals surface area contributed by atoms with Gasteiger partial charge in [0.2, 0.25) is 12.0 Å². The minimum absolute atomic E-state index is 0.346. The molecule has 2 aliphatic rings. The first-order chi connectivity index (χ1) is 11.6. The van der Waals surface area contributed by atoms with Crippen molar-refractivity contribution in [3.63, 3.8) is 0 Å². The number of rotatable bonds is 2. The molecule has 2 heterocycles. The van der Waals surface area contributed by atoms with Gasteiger partial charge in [0, 0.05) is 10.6 Å². The van der Waals surface area contributed by atoms with E-state index in [1.54, 1.807) is 42.5 Å². The second-order valence-electron chi connectivity index (χ2n) is 5.45. The Morgan fingerprint density at radius 2 is 1.75 bits per heavy atom. The summed E-state index contributed by atoms with van der Waals surface area (Å²) < 4.78 is 0. The Morgan fingerprint density at radius 3 is 2.46 bits per heavy atom. The summed E-state index contributed by atoms with van der Waals surface area (Å²) in [5, 5.41) is 4.75. The fourth-order valence-electron chi connectivity index (χ4n) is 2.93. The van der Waals surface area contributed by atoms with Crippen LogP contribution in [-0.2, 0) is 14.4 Å². The molecule has 2 amide bonds. The molecule has 0 saturated carbocycles. The molecule has 0 bridgehead atoms. The third-order valence-electron chi connectivity index (χ3n) is 4.03. The van der Waals surface area contributed by atoms with Crippen molar-refractivity contribution in [2.75, 3.05) is 4.90 Å². The summed E-state index contributed by atoms with van der Waals surface area (Å²) in [5.74, 6) is -1.62. The highest BCUT2D eigenvalue weighted by molar-refractivity contribution is 6.39. The van der Waals surface area contributed by atoms with Gasteiger partial charge in [-0.2, -0.15) is 0 Å². The van der Waals surface area contributed by atoms with Gasteiger partial charge in [-0.1, -0.05) is 52.6 Å². The Kier molecular flexibility index (Phi) is 3.55. The molecule has 2 aliphatic heterocycles. The van der Waals surface area contributed by atoms with Gasteiger partial charge in [0.05, 0.1) is 10.7 Å². The maximum Gasteiger partial charge on any atom is 0.278 e. The second kappa shape index (κ2) is 5.61. The molecule has 5 nitrogen and oxygen atoms in total. The summed E-state index contributed by atoms with van der Waals surface area (Å²) >= 11 is 12.1. The quantitative estimate of drug-likeness (QED) is 0.772. The van der Waals surface area contributed by atoms with E-state index in [2.05, 4.69) is 5.16 Å². The Balaban J connectivity index is 1.73. The second-order valence-corrected chi connectivity index (χ2v) is 6.30. The lowest BCUT2D eigenvalue weighted by molar-refractivity contribution is -0.126. The van der Waals surface area contributed by atoms with Crippen LogP contribution in [0.5, 0.6) is 0 Å². The number of nitrogens with zero attached hydrogens (tertiary/aromatic N) is 2. The van der Waals surface area contributed by atoms with E-state index in [9.17, 15) is 9.59 Å². The van der Waals surface area contributed by atoms with E-state index in [1.165, 1.54) is 0 Å². The maximum atomic E-state index is 12.8. The van der Waals surface area contributed by atoms with Crippen LogP contribution >= 0.6 is 23.2 Å². The van der Waals surface area contributed by atoms with Crippen LogP contribution in [0.1, 0.15) is 5.56 Å². The third-order valence-corrected chi connectivity index (χ3v) is 4.58. The molecular weight excluding hydrogens is 351 g/mol. The van der Waals surface area contributed by atoms with Crippen LogP contribution in [0.2, 0.25) is 10.0 Å². The molecule has 24 heavy (non-hydrogen) atoms. The van der Waals surface area contributed by atoms with Gasteiger partial charge in [0.15, 0.2) is 0 Å². The van der Waals surface area contributed by atoms with E-state index < -0.39 is 17.9 Å². The zero-order valence-corrected chi connectivity index (χ0v) is 13.7. The molecule has 0 radical (unpaired) electrons. The lowest BCUT2D eigenvalue weighted by Gasteiger charge is -2.15. The van der Waals surface area contributed by atoms with E-state index in [-0.39, 0.29) is 5.91 Å². The smallest absolute Gasteiger partial charge is 0.278 e. The Hall–Kier alpha value is -2.37. The largest absolute Gasteiger partial charge is 0.381 e. The highest BCUT2D eigenvalue weighted by Gasteiger charge is 2.56. The number of hydrogen-bond acceptors (Lipinski definition) is 4. The molecule has 0 spiro atoms. The Morgan fingerprint density at radius 1 is 1.00 bits per heavy atom. The number of anilines is 1. The highest BCUT2D eigenvalue weighted by atomic mass is 35.5. The molecule has 120 valence electrons. The van der Waals surface area contributed by atoms with Crippen LogP contribution in [0.4, 0.5) is 5.69 Å². The molecule has 2 atom stereocenters. The van der Waals surface area contributed by atoms with Crippen LogP contribution in [0.3, 0.4) is 0 Å². The third kappa shape index (κ3) is 2.20. The predicted molar refractivity (Wildman–Crippen MR) is 90.3 cm³/mol. The van der Waals surface area contributed by atoms with Crippen molar-refractivity contribution in [1.29, 1.82) is 0 Å². The standard InChI is InChI=1S/C17H10Cl2N2O3/c18-9-6-7-11(12(19)8-9)14-13-15(24-20-14)17(23)21(16(13)22)10-4-2-1-3-5-10/h1-8,13,15H/t13-,15+/m1/s1. The molecule has 1 fully saturated rings. The highest BCUT2D eigenvalue weighted by Crippen LogP contribution is 2.36. The molecule has 2 aromatic carbocycles. The number of carbonyl (C=O) groups excluding carboxylic acids is 2. The van der Waals surface area contributed by atoms with Crippen LogP contribution in [0, 0.1) is 5.92 Å². The molecular formula is C17H10Cl2N2O3. The number of amides is 2. The van der Waals surface area contributed by atoms with E-state index in [0.29, 0.717) is 27.0 Å². The zero-order valence-electron chi connectivity index (χ0n) is 12.1. The lowest BCUT2D eigenvalue weighted by Crippen LogP contribution is -2.33. The first-order valence-corrected chi connectivity index (χ1v) is 7.95. The summed E-state index contributed by atoms with van der Waals surface area (Å²) in [6.45, 7) is 0. The van der Waals surface area contributed by atoms with Gasteiger partial charge in [-0.15, -0.1) is 0 Å². The van der Waals surface area contributed by atoms with Crippen molar-refractivity contribution in [3.05, 3.63) is 64.1 Å². The number of fused-ring (bicyclic) bond motifs is 1. The lowest BCUT2D eigenvalue weighted by atomic mass is 9.94. The minimum atomic E-state index is -0.959. The minimum Gasteiger partial charge on any atom is -0.381 e. The topological polar surface area (TPSA) is 59.0 Å². The number of oxime groups is 1. The van der Waals surface area contributed by atoms with Gasteiger partial charge in [0.25, 0.3) is 5.91 Å². The fraction of sp³-hybridized carbons (Fsp3) is 0.118. The average molecular weight is 361 g/mol. The normalized spacial score (nSPS) is 22.4. The number of para-hydroxylation sites is 1. The summed E-state index contributed by atoms with van der Waals surface area (Å²) in [7, 11) is 0. The molecule has 0 aromatic heterocycles. The van der Waals surface area contributed by atoms with Crippen molar-refractivity contribution in [3.8, 4) is 0 Å². The number of carbonyl (C=O) groups is 2. The molecule has 0 aliphatic carbocycles. The van der Waals surface area contributed by atoms with Crippen molar-refractivity contribution in [2.45, 2.75) is 6.10 Å². The van der Waals surface area contributed by atoms with E-state index in [4.69, 9.17) is 28.0 Å². The molecule has 0 N–H and O–H groups in total. The van der Waals surface area contributed by atoms with Gasteiger partial charge < -0.3 is 4.84 Å². The van der Waals surface area contributed by atoms with Gasteiger partial charge in [-0.3, -0.25) is 9.59 Å². The van der Waals surface area contributed by atoms with E-state index in [1.807, 2.05) is 6.07 Å². The van der Waals surface area contributed by atoms with E-state index >= 15 is 0 Å². The number of benzene rings is 2. The Bertz CT molecular complexity index is 883. The van der Waals surface area contributed by atoms with Crippen LogP contribution in [0.15, 0.2) is 53.7 Å². The van der Waals surface area contributed by atoms with Gasteiger partial charge in [-0.05, 0) is 24.3 Å². The van der Waals surface area contributed by atoms with E-state index in [0.717, 1.165) is 4.90 Å². The van der Waals surface area contributed by atoms with Crippen molar-refractivity contribution >= 4 is 46.4 Å². The summed E-state index contributed by atoms with van der Waals surface area (Å²) in [6, 6.07) is 13.6. The van der Waals surface area contributed by atoms with Crippen LogP contribution in [0.25, 0.3) is 0 Å². The molecule has 4 rings (SSSR count). The fourth-order valence-corrected chi connectivity index (χ4v) is 3.43. The first-order valence-electron chi connectivity index (χ1n) is 7.20. The molecule has 0 unspecified atom stereocenters. The zero-order chi connectivity index (χ0) is 16.8. The summed E-state index contributed by atoms with van der Waals surface area (Å²) in [6.07, 6.45) is -0.959.